The van der Waals surface area contributed by atoms with E-state index in [9.17, 15) is 8.42 Å². The molecule has 0 aromatic heterocycles. The summed E-state index contributed by atoms with van der Waals surface area (Å²) in [5.74, 6) is 0.737. The smallest absolute Gasteiger partial charge is 0.243 e. The molecular formula is C22H36N4O3S. The van der Waals surface area contributed by atoms with E-state index < -0.39 is 10.0 Å². The van der Waals surface area contributed by atoms with Gasteiger partial charge in [0.2, 0.25) is 10.0 Å². The maximum absolute atomic E-state index is 12.6. The molecule has 1 aromatic carbocycles. The van der Waals surface area contributed by atoms with E-state index >= 15 is 0 Å². The normalized spacial score (nSPS) is 19.2. The second kappa shape index (κ2) is 11.7. The van der Waals surface area contributed by atoms with Crippen LogP contribution in [0.5, 0.6) is 0 Å². The zero-order valence-electron chi connectivity index (χ0n) is 18.1. The Kier molecular flexibility index (Phi) is 8.96. The molecule has 1 aliphatic carbocycles. The molecule has 1 heterocycles. The zero-order chi connectivity index (χ0) is 21.2. The van der Waals surface area contributed by atoms with E-state index in [0.29, 0.717) is 30.6 Å². The molecule has 30 heavy (non-hydrogen) atoms. The lowest BCUT2D eigenvalue weighted by Crippen LogP contribution is -2.37. The first kappa shape index (κ1) is 23.0. The van der Waals surface area contributed by atoms with Gasteiger partial charge in [-0.1, -0.05) is 31.4 Å². The van der Waals surface area contributed by atoms with E-state index in [1.165, 1.54) is 32.1 Å². The number of rotatable bonds is 9. The van der Waals surface area contributed by atoms with Gasteiger partial charge < -0.3 is 15.4 Å². The van der Waals surface area contributed by atoms with Crippen LogP contribution in [0.2, 0.25) is 0 Å². The average molecular weight is 437 g/mol. The van der Waals surface area contributed by atoms with Crippen molar-refractivity contribution in [2.75, 3.05) is 33.3 Å². The lowest BCUT2D eigenvalue weighted by Gasteiger charge is -2.22. The number of sulfonamides is 1. The molecule has 2 N–H and O–H groups in total. The van der Waals surface area contributed by atoms with Crippen molar-refractivity contribution in [1.29, 1.82) is 0 Å². The van der Waals surface area contributed by atoms with Crippen LogP contribution in [-0.2, 0) is 21.3 Å². The first-order valence-electron chi connectivity index (χ1n) is 11.2. The number of guanidine groups is 1. The number of benzene rings is 1. The van der Waals surface area contributed by atoms with Crippen LogP contribution in [0.15, 0.2) is 34.2 Å². The van der Waals surface area contributed by atoms with E-state index in [0.717, 1.165) is 43.9 Å². The monoisotopic (exact) mass is 436 g/mol. The molecule has 0 atom stereocenters. The summed E-state index contributed by atoms with van der Waals surface area (Å²) in [5.41, 5.74) is 1.01. The molecule has 2 fully saturated rings. The summed E-state index contributed by atoms with van der Waals surface area (Å²) >= 11 is 0. The Bertz CT molecular complexity index is 768. The van der Waals surface area contributed by atoms with Gasteiger partial charge in [0.15, 0.2) is 5.96 Å². The number of nitrogens with one attached hydrogen (secondary N) is 2. The van der Waals surface area contributed by atoms with Crippen LogP contribution in [0.1, 0.15) is 56.9 Å². The Morgan fingerprint density at radius 2 is 1.77 bits per heavy atom. The largest absolute Gasteiger partial charge is 0.378 e. The summed E-state index contributed by atoms with van der Waals surface area (Å²) in [6.07, 6.45) is 9.63. The van der Waals surface area contributed by atoms with Crippen molar-refractivity contribution < 1.29 is 13.2 Å². The third-order valence-corrected chi connectivity index (χ3v) is 7.74. The third-order valence-electron chi connectivity index (χ3n) is 5.83. The van der Waals surface area contributed by atoms with Crippen LogP contribution >= 0.6 is 0 Å². The topological polar surface area (TPSA) is 83.0 Å². The number of ether oxygens (including phenoxy) is 1. The highest BCUT2D eigenvalue weighted by molar-refractivity contribution is 7.89. The van der Waals surface area contributed by atoms with E-state index in [1.807, 2.05) is 12.1 Å². The molecule has 7 nitrogen and oxygen atoms in total. The molecule has 3 rings (SSSR count). The third kappa shape index (κ3) is 6.68. The maximum Gasteiger partial charge on any atom is 0.243 e. The van der Waals surface area contributed by atoms with Crippen LogP contribution in [0.4, 0.5) is 0 Å². The molecule has 1 saturated carbocycles. The Morgan fingerprint density at radius 3 is 2.43 bits per heavy atom. The highest BCUT2D eigenvalue weighted by Crippen LogP contribution is 2.21. The van der Waals surface area contributed by atoms with Crippen molar-refractivity contribution in [3.63, 3.8) is 0 Å². The minimum atomic E-state index is -3.35. The molecular weight excluding hydrogens is 400 g/mol. The molecule has 0 spiro atoms. The number of hydrogen-bond donors (Lipinski definition) is 2. The summed E-state index contributed by atoms with van der Waals surface area (Å²) < 4.78 is 32.7. The van der Waals surface area contributed by atoms with Gasteiger partial charge >= 0.3 is 0 Å². The van der Waals surface area contributed by atoms with Crippen molar-refractivity contribution >= 4 is 16.0 Å². The fraction of sp³-hybridized carbons (Fsp3) is 0.682. The molecule has 1 aliphatic heterocycles. The van der Waals surface area contributed by atoms with Gasteiger partial charge in [0.1, 0.15) is 0 Å². The molecule has 2 aliphatic rings. The molecule has 8 heteroatoms. The minimum Gasteiger partial charge on any atom is -0.378 e. The Hall–Kier alpha value is -1.64. The first-order valence-corrected chi connectivity index (χ1v) is 12.7. The SMILES string of the molecule is CN=C(NCCCOC1CCCCC1)NCc1ccc(S(=O)(=O)N2CCCC2)cc1. The second-order valence-corrected chi connectivity index (χ2v) is 10.0. The number of nitrogens with zero attached hydrogens (tertiary/aromatic N) is 2. The predicted octanol–water partition coefficient (Wildman–Crippen LogP) is 2.88. The molecule has 1 saturated heterocycles. The average Bonchev–Trinajstić information content (AvgIpc) is 3.33. The molecule has 0 bridgehead atoms. The molecule has 1 aromatic rings. The highest BCUT2D eigenvalue weighted by Gasteiger charge is 2.26. The molecule has 0 radical (unpaired) electrons. The van der Waals surface area contributed by atoms with E-state index in [4.69, 9.17) is 4.74 Å². The van der Waals surface area contributed by atoms with Crippen molar-refractivity contribution in [2.24, 2.45) is 4.99 Å². The van der Waals surface area contributed by atoms with Gasteiger partial charge in [-0.25, -0.2) is 8.42 Å². The van der Waals surface area contributed by atoms with E-state index in [2.05, 4.69) is 15.6 Å². The summed E-state index contributed by atoms with van der Waals surface area (Å²) in [6, 6.07) is 7.12. The quantitative estimate of drug-likeness (QED) is 0.353. The fourth-order valence-electron chi connectivity index (χ4n) is 4.02. The van der Waals surface area contributed by atoms with Crippen LogP contribution in [-0.4, -0.2) is 58.1 Å². The fourth-order valence-corrected chi connectivity index (χ4v) is 5.54. The van der Waals surface area contributed by atoms with Crippen LogP contribution in [0.25, 0.3) is 0 Å². The highest BCUT2D eigenvalue weighted by atomic mass is 32.2. The molecule has 168 valence electrons. The van der Waals surface area contributed by atoms with E-state index in [1.54, 1.807) is 23.5 Å². The van der Waals surface area contributed by atoms with Gasteiger partial charge in [0.05, 0.1) is 11.0 Å². The maximum atomic E-state index is 12.6. The zero-order valence-corrected chi connectivity index (χ0v) is 18.9. The van der Waals surface area contributed by atoms with Gasteiger partial charge in [-0.2, -0.15) is 4.31 Å². The van der Waals surface area contributed by atoms with E-state index in [-0.39, 0.29) is 0 Å². The van der Waals surface area contributed by atoms with Crippen LogP contribution < -0.4 is 10.6 Å². The Labute approximate surface area is 181 Å². The van der Waals surface area contributed by atoms with Crippen molar-refractivity contribution in [3.05, 3.63) is 29.8 Å². The summed E-state index contributed by atoms with van der Waals surface area (Å²) in [7, 11) is -1.60. The van der Waals surface area contributed by atoms with Crippen LogP contribution in [0, 0.1) is 0 Å². The van der Waals surface area contributed by atoms with Crippen molar-refractivity contribution in [1.82, 2.24) is 14.9 Å². The lowest BCUT2D eigenvalue weighted by molar-refractivity contribution is 0.0277. The van der Waals surface area contributed by atoms with Gasteiger partial charge in [0, 0.05) is 39.8 Å². The van der Waals surface area contributed by atoms with Crippen molar-refractivity contribution in [2.45, 2.75) is 68.9 Å². The summed E-state index contributed by atoms with van der Waals surface area (Å²) in [4.78, 5) is 4.62. The van der Waals surface area contributed by atoms with Gasteiger partial charge in [-0.3, -0.25) is 4.99 Å². The number of aliphatic imine (C=N–C) groups is 1. The molecule has 0 unspecified atom stereocenters. The minimum absolute atomic E-state index is 0.369. The van der Waals surface area contributed by atoms with Gasteiger partial charge in [-0.05, 0) is 49.8 Å². The second-order valence-electron chi connectivity index (χ2n) is 8.09. The summed E-state index contributed by atoms with van der Waals surface area (Å²) in [6.45, 7) is 3.42. The van der Waals surface area contributed by atoms with Crippen LogP contribution in [0.3, 0.4) is 0 Å². The lowest BCUT2D eigenvalue weighted by atomic mass is 9.98. The Morgan fingerprint density at radius 1 is 1.07 bits per heavy atom. The standard InChI is InChI=1S/C22H36N4O3S/c1-23-22(24-14-7-17-29-20-8-3-2-4-9-20)25-18-19-10-12-21(13-11-19)30(27,28)26-15-5-6-16-26/h10-13,20H,2-9,14-18H2,1H3,(H2,23,24,25). The number of hydrogen-bond acceptors (Lipinski definition) is 4. The van der Waals surface area contributed by atoms with Gasteiger partial charge in [-0.15, -0.1) is 0 Å². The molecule has 0 amide bonds. The van der Waals surface area contributed by atoms with Gasteiger partial charge in [0.25, 0.3) is 0 Å². The predicted molar refractivity (Wildman–Crippen MR) is 120 cm³/mol. The summed E-state index contributed by atoms with van der Waals surface area (Å²) in [5, 5.41) is 6.58. The Balaban J connectivity index is 1.37. The first-order chi connectivity index (χ1) is 14.6. The van der Waals surface area contributed by atoms with Crippen molar-refractivity contribution in [3.8, 4) is 0 Å².